The standard InChI is InChI=1S/C27H20F6O2/c1-2-34-21-10-7-17(8-11-21)19-9-12-22-20(15-19)6-5-18(25(22)30)4-3-16-13-23(28)26(24(29)14-16)35-27(31,32)33/h5-15H,2-4H2,1H3. The van der Waals surface area contributed by atoms with Crippen molar-refractivity contribution in [2.75, 3.05) is 6.61 Å². The fraction of sp³-hybridized carbons (Fsp3) is 0.185. The van der Waals surface area contributed by atoms with Crippen molar-refractivity contribution in [1.82, 2.24) is 0 Å². The Morgan fingerprint density at radius 3 is 2.03 bits per heavy atom. The smallest absolute Gasteiger partial charge is 0.494 e. The van der Waals surface area contributed by atoms with Gasteiger partial charge >= 0.3 is 6.36 Å². The first-order chi connectivity index (χ1) is 16.6. The minimum Gasteiger partial charge on any atom is -0.494 e. The highest BCUT2D eigenvalue weighted by atomic mass is 19.4. The molecule has 0 N–H and O–H groups in total. The second-order valence-electron chi connectivity index (χ2n) is 7.87. The zero-order chi connectivity index (χ0) is 25.2. The Kier molecular flexibility index (Phi) is 6.91. The molecule has 0 fully saturated rings. The second kappa shape index (κ2) is 9.90. The molecular weight excluding hydrogens is 470 g/mol. The molecule has 35 heavy (non-hydrogen) atoms. The number of ether oxygens (including phenoxy) is 2. The molecule has 0 unspecified atom stereocenters. The van der Waals surface area contributed by atoms with E-state index in [1.165, 1.54) is 0 Å². The first-order valence-corrected chi connectivity index (χ1v) is 10.8. The molecule has 0 radical (unpaired) electrons. The maximum Gasteiger partial charge on any atom is 0.573 e. The normalized spacial score (nSPS) is 11.6. The van der Waals surface area contributed by atoms with Gasteiger partial charge in [0.05, 0.1) is 6.61 Å². The topological polar surface area (TPSA) is 18.5 Å². The van der Waals surface area contributed by atoms with E-state index >= 15 is 4.39 Å². The van der Waals surface area contributed by atoms with Crippen molar-refractivity contribution in [2.24, 2.45) is 0 Å². The summed E-state index contributed by atoms with van der Waals surface area (Å²) in [6, 6.07) is 17.7. The number of hydrogen-bond acceptors (Lipinski definition) is 2. The minimum absolute atomic E-state index is 0.0207. The van der Waals surface area contributed by atoms with Crippen molar-refractivity contribution < 1.29 is 35.8 Å². The van der Waals surface area contributed by atoms with Crippen LogP contribution in [0.1, 0.15) is 18.1 Å². The second-order valence-corrected chi connectivity index (χ2v) is 7.87. The lowest BCUT2D eigenvalue weighted by molar-refractivity contribution is -0.276. The summed E-state index contributed by atoms with van der Waals surface area (Å²) in [5.74, 6) is -4.16. The van der Waals surface area contributed by atoms with Gasteiger partial charge in [-0.2, -0.15) is 0 Å². The van der Waals surface area contributed by atoms with Gasteiger partial charge in [-0.1, -0.05) is 36.4 Å². The van der Waals surface area contributed by atoms with E-state index in [1.54, 1.807) is 24.3 Å². The van der Waals surface area contributed by atoms with Crippen molar-refractivity contribution in [3.05, 3.63) is 95.3 Å². The number of hydrogen-bond donors (Lipinski definition) is 0. The zero-order valence-corrected chi connectivity index (χ0v) is 18.6. The molecule has 0 aliphatic rings. The molecule has 4 aromatic rings. The third-order valence-electron chi connectivity index (χ3n) is 5.49. The number of fused-ring (bicyclic) bond motifs is 1. The van der Waals surface area contributed by atoms with Crippen LogP contribution in [0.5, 0.6) is 11.5 Å². The van der Waals surface area contributed by atoms with Crippen molar-refractivity contribution in [1.29, 1.82) is 0 Å². The Labute approximate surface area is 197 Å². The van der Waals surface area contributed by atoms with Gasteiger partial charge in [-0.05, 0) is 77.7 Å². The van der Waals surface area contributed by atoms with Gasteiger partial charge < -0.3 is 9.47 Å². The number of benzene rings is 4. The van der Waals surface area contributed by atoms with Crippen molar-refractivity contribution in [3.8, 4) is 22.6 Å². The molecule has 0 aliphatic heterocycles. The van der Waals surface area contributed by atoms with Crippen LogP contribution in [0.25, 0.3) is 21.9 Å². The third-order valence-corrected chi connectivity index (χ3v) is 5.49. The summed E-state index contributed by atoms with van der Waals surface area (Å²) in [5, 5.41) is 1.08. The highest BCUT2D eigenvalue weighted by molar-refractivity contribution is 5.88. The van der Waals surface area contributed by atoms with Crippen LogP contribution >= 0.6 is 0 Å². The largest absolute Gasteiger partial charge is 0.573 e. The SMILES string of the molecule is CCOc1ccc(-c2ccc3c(F)c(CCc4cc(F)c(OC(F)(F)F)c(F)c4)ccc3c2)cc1. The molecule has 0 aliphatic carbocycles. The van der Waals surface area contributed by atoms with Gasteiger partial charge in [-0.25, -0.2) is 13.2 Å². The Balaban J connectivity index is 1.53. The average molecular weight is 490 g/mol. The monoisotopic (exact) mass is 490 g/mol. The average Bonchev–Trinajstić information content (AvgIpc) is 2.81. The van der Waals surface area contributed by atoms with E-state index in [0.717, 1.165) is 29.0 Å². The molecule has 0 bridgehead atoms. The Morgan fingerprint density at radius 2 is 1.40 bits per heavy atom. The first kappa shape index (κ1) is 24.4. The maximum atomic E-state index is 15.1. The number of aryl methyl sites for hydroxylation is 2. The first-order valence-electron chi connectivity index (χ1n) is 10.8. The number of alkyl halides is 3. The summed E-state index contributed by atoms with van der Waals surface area (Å²) in [6.07, 6.45) is -5.10. The molecule has 182 valence electrons. The Morgan fingerprint density at radius 1 is 0.743 bits per heavy atom. The molecular formula is C27H20F6O2. The van der Waals surface area contributed by atoms with Crippen LogP contribution in [0.3, 0.4) is 0 Å². The Hall–Kier alpha value is -3.68. The molecule has 0 saturated carbocycles. The lowest BCUT2D eigenvalue weighted by Gasteiger charge is -2.12. The van der Waals surface area contributed by atoms with E-state index in [0.29, 0.717) is 22.9 Å². The van der Waals surface area contributed by atoms with Crippen LogP contribution in [-0.4, -0.2) is 13.0 Å². The van der Waals surface area contributed by atoms with Crippen LogP contribution in [0.4, 0.5) is 26.3 Å². The molecule has 4 aromatic carbocycles. The summed E-state index contributed by atoms with van der Waals surface area (Å²) >= 11 is 0. The van der Waals surface area contributed by atoms with E-state index < -0.39 is 29.6 Å². The molecule has 0 saturated heterocycles. The van der Waals surface area contributed by atoms with Crippen LogP contribution in [0, 0.1) is 17.5 Å². The van der Waals surface area contributed by atoms with Gasteiger partial charge in [-0.3, -0.25) is 0 Å². The predicted octanol–water partition coefficient (Wildman–Crippen LogP) is 8.01. The summed E-state index contributed by atoms with van der Waals surface area (Å²) in [4.78, 5) is 0. The molecule has 8 heteroatoms. The van der Waals surface area contributed by atoms with Crippen LogP contribution in [-0.2, 0) is 12.8 Å². The van der Waals surface area contributed by atoms with E-state index in [-0.39, 0.29) is 18.4 Å². The van der Waals surface area contributed by atoms with Gasteiger partial charge in [-0.15, -0.1) is 13.2 Å². The summed E-state index contributed by atoms with van der Waals surface area (Å²) in [7, 11) is 0. The number of rotatable bonds is 7. The highest BCUT2D eigenvalue weighted by Gasteiger charge is 2.34. The molecule has 4 rings (SSSR count). The molecule has 0 aromatic heterocycles. The quantitative estimate of drug-likeness (QED) is 0.244. The summed E-state index contributed by atoms with van der Waals surface area (Å²) < 4.78 is 88.8. The van der Waals surface area contributed by atoms with E-state index in [2.05, 4.69) is 4.74 Å². The zero-order valence-electron chi connectivity index (χ0n) is 18.6. The predicted molar refractivity (Wildman–Crippen MR) is 121 cm³/mol. The van der Waals surface area contributed by atoms with Gasteiger partial charge in [0.15, 0.2) is 11.6 Å². The molecule has 0 heterocycles. The highest BCUT2D eigenvalue weighted by Crippen LogP contribution is 2.31. The van der Waals surface area contributed by atoms with E-state index in [4.69, 9.17) is 4.74 Å². The lowest BCUT2D eigenvalue weighted by atomic mass is 9.97. The van der Waals surface area contributed by atoms with Gasteiger partial charge in [0.1, 0.15) is 11.6 Å². The third kappa shape index (κ3) is 5.70. The van der Waals surface area contributed by atoms with Gasteiger partial charge in [0.25, 0.3) is 0 Å². The fourth-order valence-electron chi connectivity index (χ4n) is 3.87. The van der Waals surface area contributed by atoms with Crippen molar-refractivity contribution in [3.63, 3.8) is 0 Å². The molecule has 0 spiro atoms. The fourth-order valence-corrected chi connectivity index (χ4v) is 3.87. The lowest BCUT2D eigenvalue weighted by Crippen LogP contribution is -2.19. The summed E-state index contributed by atoms with van der Waals surface area (Å²) in [5.41, 5.74) is 2.25. The van der Waals surface area contributed by atoms with Crippen molar-refractivity contribution >= 4 is 10.8 Å². The van der Waals surface area contributed by atoms with Crippen LogP contribution in [0.15, 0.2) is 66.7 Å². The van der Waals surface area contributed by atoms with E-state index in [1.807, 2.05) is 37.3 Å². The summed E-state index contributed by atoms with van der Waals surface area (Å²) in [6.45, 7) is 2.47. The molecule has 2 nitrogen and oxygen atoms in total. The maximum absolute atomic E-state index is 15.1. The van der Waals surface area contributed by atoms with E-state index in [9.17, 15) is 22.0 Å². The Bertz CT molecular complexity index is 1320. The minimum atomic E-state index is -5.22. The molecule has 0 amide bonds. The van der Waals surface area contributed by atoms with Crippen molar-refractivity contribution in [2.45, 2.75) is 26.1 Å². The van der Waals surface area contributed by atoms with Crippen LogP contribution < -0.4 is 9.47 Å². The van der Waals surface area contributed by atoms with Crippen LogP contribution in [0.2, 0.25) is 0 Å². The van der Waals surface area contributed by atoms with Gasteiger partial charge in [0, 0.05) is 5.39 Å². The number of halogens is 6. The molecule has 0 atom stereocenters. The van der Waals surface area contributed by atoms with Gasteiger partial charge in [0.2, 0.25) is 5.75 Å².